The van der Waals surface area contributed by atoms with Crippen LogP contribution in [0.3, 0.4) is 0 Å². The fourth-order valence-electron chi connectivity index (χ4n) is 7.95. The molecule has 1 amide bonds. The standard InChI is InChI=1S/C27H39N7O5/c1-23(2,3)37-22(35)32-12-9-26(10-13-32)8-7-11-34(26)17-18-27(17)25(6,38-24(4,5)39-27)21(36-18)33-15-31-16-19(28)29-14-30-20(16)33/h14-15,17-18,21H,7-13H2,1-6H3,(H2,28,29,30)/t17?,18-,21-,25+,27-/m1/s1. The molecule has 7 rings (SSSR count). The van der Waals surface area contributed by atoms with E-state index in [2.05, 4.69) is 26.8 Å². The first-order valence-electron chi connectivity index (χ1n) is 14.0. The number of piperidine rings is 1. The Morgan fingerprint density at radius 2 is 1.82 bits per heavy atom. The number of ether oxygens (including phenoxy) is 4. The number of imidazole rings is 1. The fraction of sp³-hybridized carbons (Fsp3) is 0.778. The number of hydrogen-bond acceptors (Lipinski definition) is 10. The smallest absolute Gasteiger partial charge is 0.410 e. The van der Waals surface area contributed by atoms with E-state index < -0.39 is 28.8 Å². The summed E-state index contributed by atoms with van der Waals surface area (Å²) in [5.41, 5.74) is 5.32. The van der Waals surface area contributed by atoms with Gasteiger partial charge in [0, 0.05) is 18.6 Å². The van der Waals surface area contributed by atoms with Crippen LogP contribution in [0.1, 0.15) is 73.5 Å². The Hall–Kier alpha value is -2.54. The van der Waals surface area contributed by atoms with Crippen molar-refractivity contribution in [2.45, 2.75) is 114 Å². The predicted octanol–water partition coefficient (Wildman–Crippen LogP) is 2.83. The summed E-state index contributed by atoms with van der Waals surface area (Å²) in [6.07, 6.45) is 6.29. The van der Waals surface area contributed by atoms with Crippen LogP contribution in [0.2, 0.25) is 0 Å². The molecular formula is C27H39N7O5. The molecule has 6 heterocycles. The lowest BCUT2D eigenvalue weighted by atomic mass is 9.84. The number of nitrogens with two attached hydrogens (primary N) is 1. The lowest BCUT2D eigenvalue weighted by Gasteiger charge is -2.47. The van der Waals surface area contributed by atoms with Crippen molar-refractivity contribution in [2.75, 3.05) is 25.4 Å². The van der Waals surface area contributed by atoms with Gasteiger partial charge in [-0.15, -0.1) is 0 Å². The molecule has 2 spiro atoms. The van der Waals surface area contributed by atoms with Gasteiger partial charge in [-0.25, -0.2) is 19.7 Å². The number of rotatable bonds is 2. The predicted molar refractivity (Wildman–Crippen MR) is 141 cm³/mol. The Bertz CT molecular complexity index is 1330. The molecule has 5 fully saturated rings. The summed E-state index contributed by atoms with van der Waals surface area (Å²) in [5, 5.41) is 0. The van der Waals surface area contributed by atoms with E-state index in [-0.39, 0.29) is 23.8 Å². The van der Waals surface area contributed by atoms with Crippen molar-refractivity contribution in [1.82, 2.24) is 29.3 Å². The van der Waals surface area contributed by atoms with Gasteiger partial charge in [0.15, 0.2) is 29.1 Å². The number of amides is 1. The highest BCUT2D eigenvalue weighted by atomic mass is 16.8. The monoisotopic (exact) mass is 541 g/mol. The van der Waals surface area contributed by atoms with E-state index >= 15 is 0 Å². The molecule has 1 unspecified atom stereocenters. The molecule has 212 valence electrons. The average Bonchev–Trinajstić information content (AvgIpc) is 3.21. The lowest BCUT2D eigenvalue weighted by Crippen LogP contribution is -2.58. The number of carbonyl (C=O) groups excluding carboxylic acids is 1. The van der Waals surface area contributed by atoms with Crippen molar-refractivity contribution in [3.63, 3.8) is 0 Å². The number of nitrogen functional groups attached to an aromatic ring is 1. The number of likely N-dealkylation sites (tertiary alicyclic amines) is 2. The van der Waals surface area contributed by atoms with Gasteiger partial charge in [0.1, 0.15) is 29.2 Å². The van der Waals surface area contributed by atoms with E-state index in [1.807, 2.05) is 44.1 Å². The zero-order valence-corrected chi connectivity index (χ0v) is 23.6. The highest BCUT2D eigenvalue weighted by molar-refractivity contribution is 5.81. The van der Waals surface area contributed by atoms with Crippen LogP contribution in [-0.2, 0) is 18.9 Å². The molecule has 2 N–H and O–H groups in total. The molecule has 2 aromatic heterocycles. The van der Waals surface area contributed by atoms with Crippen LogP contribution in [0.25, 0.3) is 11.2 Å². The summed E-state index contributed by atoms with van der Waals surface area (Å²) >= 11 is 0. The molecule has 1 saturated carbocycles. The zero-order valence-electron chi connectivity index (χ0n) is 23.6. The topological polar surface area (TPSA) is 130 Å². The molecule has 39 heavy (non-hydrogen) atoms. The zero-order chi connectivity index (χ0) is 27.6. The molecule has 0 radical (unpaired) electrons. The molecule has 4 aliphatic heterocycles. The average molecular weight is 542 g/mol. The number of fused-ring (bicyclic) bond motifs is 1. The van der Waals surface area contributed by atoms with Crippen molar-refractivity contribution < 1.29 is 23.7 Å². The SMILES string of the molecule is CC(C)(C)OC(=O)N1CCC2(CCCN2C2[C@H]3O[C@@H](n4cnc5c(N)ncnc54)[C@]4(C)OC(C)(C)O[C@]234)CC1. The molecule has 0 aromatic carbocycles. The van der Waals surface area contributed by atoms with Crippen molar-refractivity contribution in [3.8, 4) is 0 Å². The number of hydrogen-bond donors (Lipinski definition) is 1. The molecular weight excluding hydrogens is 502 g/mol. The number of carbonyl (C=O) groups is 1. The van der Waals surface area contributed by atoms with E-state index in [4.69, 9.17) is 24.7 Å². The molecule has 12 nitrogen and oxygen atoms in total. The maximum Gasteiger partial charge on any atom is 0.410 e. The Kier molecular flexibility index (Phi) is 5.09. The highest BCUT2D eigenvalue weighted by Gasteiger charge is 2.90. The molecule has 1 aliphatic carbocycles. The van der Waals surface area contributed by atoms with E-state index in [0.717, 1.165) is 32.2 Å². The minimum atomic E-state index is -0.778. The summed E-state index contributed by atoms with van der Waals surface area (Å²) < 4.78 is 27.9. The van der Waals surface area contributed by atoms with E-state index in [9.17, 15) is 4.79 Å². The quantitative estimate of drug-likeness (QED) is 0.606. The first kappa shape index (κ1) is 25.4. The van der Waals surface area contributed by atoms with Crippen LogP contribution in [0.4, 0.5) is 10.6 Å². The third-order valence-electron chi connectivity index (χ3n) is 9.41. The molecule has 4 saturated heterocycles. The van der Waals surface area contributed by atoms with Gasteiger partial charge < -0.3 is 29.6 Å². The minimum absolute atomic E-state index is 0.00149. The number of anilines is 1. The van der Waals surface area contributed by atoms with Crippen LogP contribution in [0, 0.1) is 0 Å². The molecule has 0 bridgehead atoms. The maximum atomic E-state index is 12.7. The van der Waals surface area contributed by atoms with Gasteiger partial charge in [-0.05, 0) is 73.8 Å². The second-order valence-electron chi connectivity index (χ2n) is 13.4. The summed E-state index contributed by atoms with van der Waals surface area (Å²) in [4.78, 5) is 30.2. The van der Waals surface area contributed by atoms with Gasteiger partial charge in [0.2, 0.25) is 0 Å². The maximum absolute atomic E-state index is 12.7. The second kappa shape index (κ2) is 7.80. The third kappa shape index (κ3) is 3.44. The van der Waals surface area contributed by atoms with Crippen LogP contribution in [0.15, 0.2) is 12.7 Å². The Balaban J connectivity index is 1.17. The molecule has 2 aromatic rings. The normalized spacial score (nSPS) is 36.9. The minimum Gasteiger partial charge on any atom is -0.444 e. The van der Waals surface area contributed by atoms with Crippen LogP contribution >= 0.6 is 0 Å². The Morgan fingerprint density at radius 3 is 2.54 bits per heavy atom. The largest absolute Gasteiger partial charge is 0.444 e. The van der Waals surface area contributed by atoms with Gasteiger partial charge in [0.05, 0.1) is 12.4 Å². The summed E-state index contributed by atoms with van der Waals surface area (Å²) in [6.45, 7) is 14.1. The second-order valence-corrected chi connectivity index (χ2v) is 13.4. The van der Waals surface area contributed by atoms with E-state index in [1.54, 1.807) is 6.33 Å². The van der Waals surface area contributed by atoms with Crippen LogP contribution in [0.5, 0.6) is 0 Å². The van der Waals surface area contributed by atoms with Crippen LogP contribution < -0.4 is 5.73 Å². The Labute approximate surface area is 228 Å². The number of nitrogens with zero attached hydrogens (tertiary/aromatic N) is 6. The highest BCUT2D eigenvalue weighted by Crippen LogP contribution is 2.71. The van der Waals surface area contributed by atoms with Gasteiger partial charge >= 0.3 is 6.09 Å². The number of aromatic nitrogens is 4. The van der Waals surface area contributed by atoms with Crippen molar-refractivity contribution in [1.29, 1.82) is 0 Å². The van der Waals surface area contributed by atoms with Gasteiger partial charge in [-0.3, -0.25) is 9.47 Å². The first-order valence-corrected chi connectivity index (χ1v) is 14.0. The molecule has 5 aliphatic rings. The van der Waals surface area contributed by atoms with Gasteiger partial charge in [-0.1, -0.05) is 0 Å². The first-order chi connectivity index (χ1) is 18.3. The van der Waals surface area contributed by atoms with Crippen molar-refractivity contribution in [3.05, 3.63) is 12.7 Å². The third-order valence-corrected chi connectivity index (χ3v) is 9.41. The van der Waals surface area contributed by atoms with E-state index in [0.29, 0.717) is 30.1 Å². The van der Waals surface area contributed by atoms with E-state index in [1.165, 1.54) is 6.33 Å². The molecule has 12 heteroatoms. The van der Waals surface area contributed by atoms with Gasteiger partial charge in [-0.2, -0.15) is 0 Å². The van der Waals surface area contributed by atoms with Crippen molar-refractivity contribution >= 4 is 23.1 Å². The summed E-state index contributed by atoms with van der Waals surface area (Å²) in [6, 6.07) is 0.0607. The summed E-state index contributed by atoms with van der Waals surface area (Å²) in [5.74, 6) is -0.443. The van der Waals surface area contributed by atoms with Gasteiger partial charge in [0.25, 0.3) is 0 Å². The van der Waals surface area contributed by atoms with Crippen LogP contribution in [-0.4, -0.2) is 95.3 Å². The summed E-state index contributed by atoms with van der Waals surface area (Å²) in [7, 11) is 0. The fourth-order valence-corrected chi connectivity index (χ4v) is 7.95. The lowest BCUT2D eigenvalue weighted by molar-refractivity contribution is -0.206. The Morgan fingerprint density at radius 1 is 1.08 bits per heavy atom. The molecule has 5 atom stereocenters. The van der Waals surface area contributed by atoms with Crippen molar-refractivity contribution in [2.24, 2.45) is 0 Å².